The number of esters is 1. The van der Waals surface area contributed by atoms with E-state index in [2.05, 4.69) is 19.6 Å². The van der Waals surface area contributed by atoms with Gasteiger partial charge in [-0.15, -0.1) is 6.58 Å². The minimum atomic E-state index is -0.269. The molecule has 1 aromatic rings. The van der Waals surface area contributed by atoms with E-state index in [0.29, 0.717) is 5.75 Å². The number of allylic oxidation sites excluding steroid dienone is 1. The van der Waals surface area contributed by atoms with Gasteiger partial charge < -0.3 is 4.74 Å². The number of aryl methyl sites for hydroxylation is 2. The maximum absolute atomic E-state index is 11.1. The van der Waals surface area contributed by atoms with Crippen LogP contribution in [0.2, 0.25) is 0 Å². The first-order valence-corrected chi connectivity index (χ1v) is 5.86. The molecular weight excluding hydrogens is 212 g/mol. The molecular formula is C15H20O2. The van der Waals surface area contributed by atoms with Crippen molar-refractivity contribution in [3.05, 3.63) is 41.0 Å². The van der Waals surface area contributed by atoms with E-state index in [9.17, 15) is 4.79 Å². The lowest BCUT2D eigenvalue weighted by Gasteiger charge is -2.15. The fraction of sp³-hybridized carbons (Fsp3) is 0.400. The number of carbonyl (C=O) groups is 1. The lowest BCUT2D eigenvalue weighted by Crippen LogP contribution is -2.06. The van der Waals surface area contributed by atoms with Crippen LogP contribution in [-0.2, 0) is 11.2 Å². The third-order valence-electron chi connectivity index (χ3n) is 3.00. The average Bonchev–Trinajstić information content (AvgIpc) is 2.27. The van der Waals surface area contributed by atoms with Gasteiger partial charge in [-0.2, -0.15) is 0 Å². The summed E-state index contributed by atoms with van der Waals surface area (Å²) in [4.78, 5) is 11.1. The van der Waals surface area contributed by atoms with Crippen LogP contribution in [0.25, 0.3) is 0 Å². The predicted octanol–water partition coefficient (Wildman–Crippen LogP) is 3.66. The average molecular weight is 232 g/mol. The zero-order valence-corrected chi connectivity index (χ0v) is 11.1. The fourth-order valence-corrected chi connectivity index (χ4v) is 1.96. The summed E-state index contributed by atoms with van der Waals surface area (Å²) < 4.78 is 5.26. The Kier molecular flexibility index (Phi) is 4.50. The molecule has 0 heterocycles. The molecule has 0 bridgehead atoms. The molecule has 1 aromatic carbocycles. The van der Waals surface area contributed by atoms with E-state index in [1.807, 2.05) is 19.9 Å². The maximum atomic E-state index is 11.1. The number of hydrogen-bond donors (Lipinski definition) is 0. The smallest absolute Gasteiger partial charge is 0.308 e. The van der Waals surface area contributed by atoms with Gasteiger partial charge >= 0.3 is 5.97 Å². The van der Waals surface area contributed by atoms with E-state index in [4.69, 9.17) is 4.74 Å². The highest BCUT2D eigenvalue weighted by atomic mass is 16.5. The summed E-state index contributed by atoms with van der Waals surface area (Å²) in [5, 5.41) is 0. The lowest BCUT2D eigenvalue weighted by atomic mass is 9.96. The molecule has 1 rings (SSSR count). The van der Waals surface area contributed by atoms with E-state index in [0.717, 1.165) is 24.0 Å². The van der Waals surface area contributed by atoms with Gasteiger partial charge in [0.15, 0.2) is 0 Å². The van der Waals surface area contributed by atoms with Gasteiger partial charge in [0, 0.05) is 6.92 Å². The van der Waals surface area contributed by atoms with Gasteiger partial charge in [0.1, 0.15) is 5.75 Å². The molecule has 0 spiro atoms. The first-order valence-electron chi connectivity index (χ1n) is 5.86. The van der Waals surface area contributed by atoms with Crippen molar-refractivity contribution in [1.82, 2.24) is 0 Å². The van der Waals surface area contributed by atoms with Crippen LogP contribution >= 0.6 is 0 Å². The highest BCUT2D eigenvalue weighted by Crippen LogP contribution is 2.29. The molecule has 0 unspecified atom stereocenters. The Morgan fingerprint density at radius 3 is 2.53 bits per heavy atom. The van der Waals surface area contributed by atoms with Crippen LogP contribution < -0.4 is 4.74 Å². The minimum Gasteiger partial charge on any atom is -0.426 e. The van der Waals surface area contributed by atoms with E-state index in [1.165, 1.54) is 18.1 Å². The van der Waals surface area contributed by atoms with Crippen molar-refractivity contribution in [2.24, 2.45) is 0 Å². The largest absolute Gasteiger partial charge is 0.426 e. The van der Waals surface area contributed by atoms with Crippen LogP contribution in [0.4, 0.5) is 0 Å². The summed E-state index contributed by atoms with van der Waals surface area (Å²) in [6.45, 7) is 11.2. The molecule has 0 saturated heterocycles. The quantitative estimate of drug-likeness (QED) is 0.450. The Morgan fingerprint density at radius 1 is 1.35 bits per heavy atom. The summed E-state index contributed by atoms with van der Waals surface area (Å²) in [5.74, 6) is 0.437. The Morgan fingerprint density at radius 2 is 2.00 bits per heavy atom. The van der Waals surface area contributed by atoms with Gasteiger partial charge in [0.05, 0.1) is 0 Å². The number of carbonyl (C=O) groups excluding carboxylic acids is 1. The van der Waals surface area contributed by atoms with Crippen molar-refractivity contribution < 1.29 is 9.53 Å². The standard InChI is InChI=1S/C15H20O2/c1-6-7-8-14-9-10(2)15(17-13(5)16)12(4)11(14)3/h6,9H,1,7-8H2,2-5H3. The Labute approximate surface area is 103 Å². The van der Waals surface area contributed by atoms with Crippen LogP contribution in [0.1, 0.15) is 35.6 Å². The summed E-state index contributed by atoms with van der Waals surface area (Å²) in [6.07, 6.45) is 3.87. The Hall–Kier alpha value is -1.57. The molecule has 92 valence electrons. The summed E-state index contributed by atoms with van der Waals surface area (Å²) in [5.41, 5.74) is 4.58. The van der Waals surface area contributed by atoms with Crippen molar-refractivity contribution >= 4 is 5.97 Å². The molecule has 0 atom stereocenters. The minimum absolute atomic E-state index is 0.269. The first-order chi connectivity index (χ1) is 7.97. The molecule has 0 amide bonds. The van der Waals surface area contributed by atoms with E-state index in [1.54, 1.807) is 0 Å². The molecule has 0 aliphatic heterocycles. The normalized spacial score (nSPS) is 10.1. The molecule has 2 heteroatoms. The monoisotopic (exact) mass is 232 g/mol. The van der Waals surface area contributed by atoms with Gasteiger partial charge in [-0.1, -0.05) is 12.1 Å². The second kappa shape index (κ2) is 5.67. The molecule has 0 N–H and O–H groups in total. The van der Waals surface area contributed by atoms with Crippen LogP contribution in [0.15, 0.2) is 18.7 Å². The fourth-order valence-electron chi connectivity index (χ4n) is 1.96. The third kappa shape index (κ3) is 3.19. The van der Waals surface area contributed by atoms with Crippen molar-refractivity contribution in [3.63, 3.8) is 0 Å². The van der Waals surface area contributed by atoms with Crippen LogP contribution in [0, 0.1) is 20.8 Å². The summed E-state index contributed by atoms with van der Waals surface area (Å²) >= 11 is 0. The Bertz CT molecular complexity index is 445. The lowest BCUT2D eigenvalue weighted by molar-refractivity contribution is -0.131. The van der Waals surface area contributed by atoms with Crippen LogP contribution in [0.3, 0.4) is 0 Å². The van der Waals surface area contributed by atoms with Crippen molar-refractivity contribution in [2.75, 3.05) is 0 Å². The summed E-state index contributed by atoms with van der Waals surface area (Å²) in [6, 6.07) is 2.10. The predicted molar refractivity (Wildman–Crippen MR) is 70.5 cm³/mol. The molecule has 0 aliphatic carbocycles. The zero-order valence-electron chi connectivity index (χ0n) is 11.1. The highest BCUT2D eigenvalue weighted by Gasteiger charge is 2.12. The zero-order chi connectivity index (χ0) is 13.0. The van der Waals surface area contributed by atoms with Gasteiger partial charge in [0.25, 0.3) is 0 Å². The Balaban J connectivity index is 3.16. The van der Waals surface area contributed by atoms with Crippen molar-refractivity contribution in [1.29, 1.82) is 0 Å². The number of rotatable bonds is 4. The summed E-state index contributed by atoms with van der Waals surface area (Å²) in [7, 11) is 0. The van der Waals surface area contributed by atoms with Gasteiger partial charge in [0.2, 0.25) is 0 Å². The van der Waals surface area contributed by atoms with E-state index >= 15 is 0 Å². The maximum Gasteiger partial charge on any atom is 0.308 e. The third-order valence-corrected chi connectivity index (χ3v) is 3.00. The molecule has 0 saturated carbocycles. The van der Waals surface area contributed by atoms with Gasteiger partial charge in [-0.05, 0) is 55.9 Å². The second-order valence-electron chi connectivity index (χ2n) is 4.35. The van der Waals surface area contributed by atoms with Gasteiger partial charge in [-0.3, -0.25) is 4.79 Å². The molecule has 17 heavy (non-hydrogen) atoms. The first kappa shape index (κ1) is 13.5. The van der Waals surface area contributed by atoms with Gasteiger partial charge in [-0.25, -0.2) is 0 Å². The second-order valence-corrected chi connectivity index (χ2v) is 4.35. The molecule has 2 nitrogen and oxygen atoms in total. The van der Waals surface area contributed by atoms with E-state index in [-0.39, 0.29) is 5.97 Å². The SMILES string of the molecule is C=CCCc1cc(C)c(OC(C)=O)c(C)c1C. The molecule has 0 radical (unpaired) electrons. The topological polar surface area (TPSA) is 26.3 Å². The number of benzene rings is 1. The molecule has 0 fully saturated rings. The van der Waals surface area contributed by atoms with Crippen LogP contribution in [0.5, 0.6) is 5.75 Å². The van der Waals surface area contributed by atoms with E-state index < -0.39 is 0 Å². The molecule has 0 aromatic heterocycles. The number of ether oxygens (including phenoxy) is 1. The van der Waals surface area contributed by atoms with Crippen molar-refractivity contribution in [2.45, 2.75) is 40.5 Å². The van der Waals surface area contributed by atoms with Crippen LogP contribution in [-0.4, -0.2) is 5.97 Å². The molecule has 0 aliphatic rings. The van der Waals surface area contributed by atoms with Crippen molar-refractivity contribution in [3.8, 4) is 5.75 Å². The highest BCUT2D eigenvalue weighted by molar-refractivity contribution is 5.71. The number of hydrogen-bond acceptors (Lipinski definition) is 2.